The minimum atomic E-state index is -0.308. The first-order chi connectivity index (χ1) is 17.0. The third-order valence-corrected chi connectivity index (χ3v) is 7.78. The van der Waals surface area contributed by atoms with Crippen LogP contribution in [0.4, 0.5) is 5.69 Å². The molecule has 5 rings (SSSR count). The SMILES string of the molecule is CN1C(=O)c2cc(NC(=O)Cc3cccs3)ccc2OC[C@@H]2O[C@H](CC(=O)NCC3CC3)CC[C@@H]21. The lowest BCUT2D eigenvalue weighted by atomic mass is 9.94. The molecule has 3 heterocycles. The zero-order chi connectivity index (χ0) is 24.4. The number of hydrogen-bond donors (Lipinski definition) is 2. The van der Waals surface area contributed by atoms with Crippen molar-refractivity contribution in [3.63, 3.8) is 0 Å². The predicted molar refractivity (Wildman–Crippen MR) is 133 cm³/mol. The Kier molecular flexibility index (Phi) is 7.06. The topological polar surface area (TPSA) is 97.0 Å². The van der Waals surface area contributed by atoms with Crippen molar-refractivity contribution in [2.75, 3.05) is 25.5 Å². The highest BCUT2D eigenvalue weighted by Crippen LogP contribution is 2.33. The van der Waals surface area contributed by atoms with E-state index < -0.39 is 0 Å². The quantitative estimate of drug-likeness (QED) is 0.612. The zero-order valence-corrected chi connectivity index (χ0v) is 20.6. The molecule has 1 aromatic heterocycles. The molecule has 1 saturated carbocycles. The van der Waals surface area contributed by atoms with Crippen molar-refractivity contribution in [3.05, 3.63) is 46.2 Å². The van der Waals surface area contributed by atoms with Crippen molar-refractivity contribution in [2.45, 2.75) is 56.8 Å². The van der Waals surface area contributed by atoms with Gasteiger partial charge in [0.05, 0.1) is 30.6 Å². The second kappa shape index (κ2) is 10.4. The van der Waals surface area contributed by atoms with Gasteiger partial charge in [-0.1, -0.05) is 6.07 Å². The van der Waals surface area contributed by atoms with E-state index >= 15 is 0 Å². The van der Waals surface area contributed by atoms with Crippen molar-refractivity contribution < 1.29 is 23.9 Å². The molecule has 1 aromatic carbocycles. The molecule has 0 radical (unpaired) electrons. The van der Waals surface area contributed by atoms with Crippen LogP contribution in [-0.2, 0) is 20.7 Å². The van der Waals surface area contributed by atoms with E-state index in [0.717, 1.165) is 17.8 Å². The summed E-state index contributed by atoms with van der Waals surface area (Å²) in [5, 5.41) is 7.82. The third-order valence-electron chi connectivity index (χ3n) is 6.91. The maximum absolute atomic E-state index is 13.4. The van der Waals surface area contributed by atoms with Gasteiger partial charge in [-0.15, -0.1) is 11.3 Å². The van der Waals surface area contributed by atoms with E-state index in [1.807, 2.05) is 17.5 Å². The highest BCUT2D eigenvalue weighted by Gasteiger charge is 2.39. The number of hydrogen-bond acceptors (Lipinski definition) is 6. The van der Waals surface area contributed by atoms with Gasteiger partial charge in [0, 0.05) is 24.2 Å². The van der Waals surface area contributed by atoms with Gasteiger partial charge in [0.15, 0.2) is 0 Å². The van der Waals surface area contributed by atoms with Gasteiger partial charge in [0.1, 0.15) is 18.5 Å². The van der Waals surface area contributed by atoms with Gasteiger partial charge < -0.3 is 25.0 Å². The molecule has 9 heteroatoms. The van der Waals surface area contributed by atoms with Gasteiger partial charge in [0.2, 0.25) is 11.8 Å². The lowest BCUT2D eigenvalue weighted by Gasteiger charge is -2.42. The van der Waals surface area contributed by atoms with Gasteiger partial charge >= 0.3 is 0 Å². The maximum Gasteiger partial charge on any atom is 0.257 e. The molecule has 0 unspecified atom stereocenters. The molecule has 8 nitrogen and oxygen atoms in total. The first-order valence-electron chi connectivity index (χ1n) is 12.2. The number of nitrogens with one attached hydrogen (secondary N) is 2. The van der Waals surface area contributed by atoms with Crippen molar-refractivity contribution in [3.8, 4) is 5.75 Å². The fraction of sp³-hybridized carbons (Fsp3) is 0.500. The van der Waals surface area contributed by atoms with Crippen LogP contribution in [0.2, 0.25) is 0 Å². The summed E-state index contributed by atoms with van der Waals surface area (Å²) in [6.45, 7) is 1.05. The molecular formula is C26H31N3O5S. The first-order valence-corrected chi connectivity index (χ1v) is 13.1. The summed E-state index contributed by atoms with van der Waals surface area (Å²) in [6, 6.07) is 8.83. The van der Waals surface area contributed by atoms with Crippen LogP contribution >= 0.6 is 11.3 Å². The molecule has 1 saturated heterocycles. The molecule has 35 heavy (non-hydrogen) atoms. The summed E-state index contributed by atoms with van der Waals surface area (Å²) in [7, 11) is 1.78. The Balaban J connectivity index is 1.23. The van der Waals surface area contributed by atoms with Crippen LogP contribution in [0, 0.1) is 5.92 Å². The van der Waals surface area contributed by atoms with Gasteiger partial charge in [-0.05, 0) is 61.2 Å². The van der Waals surface area contributed by atoms with Crippen LogP contribution in [0.3, 0.4) is 0 Å². The average Bonchev–Trinajstić information content (AvgIpc) is 3.54. The molecule has 0 bridgehead atoms. The Hall–Kier alpha value is -2.91. The van der Waals surface area contributed by atoms with Gasteiger partial charge in [-0.25, -0.2) is 0 Å². The number of carbonyl (C=O) groups excluding carboxylic acids is 3. The molecular weight excluding hydrogens is 466 g/mol. The molecule has 2 aromatic rings. The van der Waals surface area contributed by atoms with Crippen LogP contribution < -0.4 is 15.4 Å². The van der Waals surface area contributed by atoms with Crippen LogP contribution in [0.1, 0.15) is 47.3 Å². The molecule has 0 spiro atoms. The highest BCUT2D eigenvalue weighted by atomic mass is 32.1. The number of likely N-dealkylation sites (N-methyl/N-ethyl adjacent to an activating group) is 1. The number of benzene rings is 1. The van der Waals surface area contributed by atoms with Gasteiger partial charge in [-0.2, -0.15) is 0 Å². The summed E-state index contributed by atoms with van der Waals surface area (Å²) in [5.74, 6) is 0.824. The zero-order valence-electron chi connectivity index (χ0n) is 19.8. The number of thiophene rings is 1. The van der Waals surface area contributed by atoms with Crippen molar-refractivity contribution >= 4 is 34.7 Å². The molecule has 186 valence electrons. The van der Waals surface area contributed by atoms with Crippen molar-refractivity contribution in [1.29, 1.82) is 0 Å². The van der Waals surface area contributed by atoms with E-state index in [1.54, 1.807) is 30.1 Å². The summed E-state index contributed by atoms with van der Waals surface area (Å²) >= 11 is 1.53. The van der Waals surface area contributed by atoms with Crippen LogP contribution in [0.25, 0.3) is 0 Å². The van der Waals surface area contributed by atoms with E-state index in [9.17, 15) is 14.4 Å². The number of carbonyl (C=O) groups is 3. The molecule has 3 atom stereocenters. The smallest absolute Gasteiger partial charge is 0.257 e. The second-order valence-corrected chi connectivity index (χ2v) is 10.7. The van der Waals surface area contributed by atoms with E-state index in [0.29, 0.717) is 48.8 Å². The number of nitrogens with zero attached hydrogens (tertiary/aromatic N) is 1. The summed E-state index contributed by atoms with van der Waals surface area (Å²) < 4.78 is 12.3. The number of ether oxygens (including phenoxy) is 2. The lowest BCUT2D eigenvalue weighted by molar-refractivity contribution is -0.134. The van der Waals surface area contributed by atoms with E-state index in [2.05, 4.69) is 10.6 Å². The largest absolute Gasteiger partial charge is 0.490 e. The van der Waals surface area contributed by atoms with Crippen molar-refractivity contribution in [2.24, 2.45) is 5.92 Å². The molecule has 3 amide bonds. The summed E-state index contributed by atoms with van der Waals surface area (Å²) in [4.78, 5) is 40.8. The third kappa shape index (κ3) is 5.85. The van der Waals surface area contributed by atoms with E-state index in [1.165, 1.54) is 24.2 Å². The Bertz CT molecular complexity index is 1080. The Morgan fingerprint density at radius 1 is 1.14 bits per heavy atom. The van der Waals surface area contributed by atoms with Gasteiger partial charge in [0.25, 0.3) is 5.91 Å². The van der Waals surface area contributed by atoms with E-state index in [4.69, 9.17) is 9.47 Å². The Morgan fingerprint density at radius 3 is 2.77 bits per heavy atom. The number of rotatable bonds is 7. The predicted octanol–water partition coefficient (Wildman–Crippen LogP) is 3.23. The number of amides is 3. The minimum Gasteiger partial charge on any atom is -0.490 e. The van der Waals surface area contributed by atoms with E-state index in [-0.39, 0.29) is 36.0 Å². The standard InChI is InChI=1S/C26H31N3O5S/c1-29-21-8-7-18(12-24(30)27-14-16-4-5-16)34-23(21)15-33-22-9-6-17(11-20(22)26(29)32)28-25(31)13-19-3-2-10-35-19/h2-3,6,9-11,16,18,21,23H,4-5,7-8,12-15H2,1H3,(H,27,30)(H,28,31)/t18-,21-,23-/m0/s1. The summed E-state index contributed by atoms with van der Waals surface area (Å²) in [5.41, 5.74) is 0.978. The second-order valence-electron chi connectivity index (χ2n) is 9.64. The monoisotopic (exact) mass is 497 g/mol. The normalized spacial score (nSPS) is 23.9. The fourth-order valence-corrected chi connectivity index (χ4v) is 5.44. The van der Waals surface area contributed by atoms with Crippen LogP contribution in [0.5, 0.6) is 5.75 Å². The minimum absolute atomic E-state index is 0.0237. The average molecular weight is 498 g/mol. The summed E-state index contributed by atoms with van der Waals surface area (Å²) in [6.07, 6.45) is 3.99. The fourth-order valence-electron chi connectivity index (χ4n) is 4.74. The van der Waals surface area contributed by atoms with Crippen molar-refractivity contribution in [1.82, 2.24) is 10.2 Å². The number of fused-ring (bicyclic) bond motifs is 2. The molecule has 2 aliphatic heterocycles. The number of anilines is 1. The van der Waals surface area contributed by atoms with Crippen LogP contribution in [0.15, 0.2) is 35.7 Å². The lowest BCUT2D eigenvalue weighted by Crippen LogP contribution is -2.54. The maximum atomic E-state index is 13.4. The molecule has 2 fully saturated rings. The Labute approximate surface area is 209 Å². The van der Waals surface area contributed by atoms with Crippen LogP contribution in [-0.4, -0.2) is 61.1 Å². The molecule has 2 N–H and O–H groups in total. The van der Waals surface area contributed by atoms with Gasteiger partial charge in [-0.3, -0.25) is 14.4 Å². The molecule has 3 aliphatic rings. The highest BCUT2D eigenvalue weighted by molar-refractivity contribution is 7.10. The first kappa shape index (κ1) is 23.8. The Morgan fingerprint density at radius 2 is 2.00 bits per heavy atom. The molecule has 1 aliphatic carbocycles.